The predicted octanol–water partition coefficient (Wildman–Crippen LogP) is 8.44. The second kappa shape index (κ2) is 10.9. The molecular formula is C30H48AlO2. The van der Waals surface area contributed by atoms with Gasteiger partial charge in [-0.25, -0.2) is 0 Å². The average Bonchev–Trinajstić information content (AvgIpc) is 2.66. The smallest absolute Gasteiger partial charge is 0.614 e. The number of hydrogen-bond donors (Lipinski definition) is 0. The lowest BCUT2D eigenvalue weighted by molar-refractivity contribution is 0.414. The topological polar surface area (TPSA) is 18.5 Å². The van der Waals surface area contributed by atoms with Crippen LogP contribution < -0.4 is 7.58 Å². The van der Waals surface area contributed by atoms with Gasteiger partial charge in [0.05, 0.1) is 11.5 Å². The van der Waals surface area contributed by atoms with Gasteiger partial charge >= 0.3 is 15.9 Å². The molecule has 0 heterocycles. The number of para-hydroxylation sites is 2. The lowest BCUT2D eigenvalue weighted by Crippen LogP contribution is -2.25. The minimum absolute atomic E-state index is 0.00484. The summed E-state index contributed by atoms with van der Waals surface area (Å²) in [5.74, 6) is 2.03. The molecule has 2 nitrogen and oxygen atoms in total. The summed E-state index contributed by atoms with van der Waals surface area (Å²) in [6.07, 6.45) is 0. The fraction of sp³-hybridized carbons (Fsp3) is 0.567. The zero-order valence-corrected chi connectivity index (χ0v) is 25.1. The molecule has 183 valence electrons. The molecule has 0 aliphatic rings. The van der Waals surface area contributed by atoms with Crippen LogP contribution in [-0.4, -0.2) is 15.9 Å². The van der Waals surface area contributed by atoms with Crippen molar-refractivity contribution in [2.75, 3.05) is 0 Å². The molecule has 0 aliphatic heterocycles. The van der Waals surface area contributed by atoms with Crippen molar-refractivity contribution in [2.45, 2.75) is 112 Å². The van der Waals surface area contributed by atoms with Crippen molar-refractivity contribution in [2.24, 2.45) is 0 Å². The molecule has 0 spiro atoms. The van der Waals surface area contributed by atoms with E-state index in [-0.39, 0.29) is 21.7 Å². The first kappa shape index (κ1) is 29.6. The summed E-state index contributed by atoms with van der Waals surface area (Å²) in [4.78, 5) is 0. The monoisotopic (exact) mass is 467 g/mol. The summed E-state index contributed by atoms with van der Waals surface area (Å²) < 4.78 is 13.2. The van der Waals surface area contributed by atoms with Crippen molar-refractivity contribution in [3.8, 4) is 11.5 Å². The maximum Gasteiger partial charge on any atom is 0.832 e. The molecule has 1 radical (unpaired) electrons. The molecule has 0 amide bonds. The molecule has 0 atom stereocenters. The van der Waals surface area contributed by atoms with E-state index in [0.29, 0.717) is 0 Å². The molecule has 2 aromatic rings. The maximum absolute atomic E-state index is 6.58. The first-order chi connectivity index (χ1) is 14.9. The fourth-order valence-corrected chi connectivity index (χ4v) is 4.81. The molecule has 2 aromatic carbocycles. The van der Waals surface area contributed by atoms with Gasteiger partial charge in [-0.2, -0.15) is 0 Å². The van der Waals surface area contributed by atoms with Gasteiger partial charge in [0.2, 0.25) is 0 Å². The van der Waals surface area contributed by atoms with Crippen LogP contribution in [0.3, 0.4) is 0 Å². The molecule has 2 rings (SSSR count). The minimum Gasteiger partial charge on any atom is -0.614 e. The SMILES string of the molecule is CC(C)(C)c1cccc(C(C)(C)C)c1[O][AlH][O]c1c(C(C)(C)C)cccc1C(C)(C)C.[CH2]C. The number of benzene rings is 2. The zero-order valence-electron chi connectivity index (χ0n) is 23.7. The van der Waals surface area contributed by atoms with Crippen molar-refractivity contribution >= 4 is 15.9 Å². The summed E-state index contributed by atoms with van der Waals surface area (Å²) in [5.41, 5.74) is 5.01. The Morgan fingerprint density at radius 2 is 0.697 bits per heavy atom. The first-order valence-corrected chi connectivity index (χ1v) is 13.3. The highest BCUT2D eigenvalue weighted by Crippen LogP contribution is 2.41. The Bertz CT molecular complexity index is 761. The van der Waals surface area contributed by atoms with E-state index in [2.05, 4.69) is 126 Å². The van der Waals surface area contributed by atoms with Crippen LogP contribution in [0.15, 0.2) is 36.4 Å². The van der Waals surface area contributed by atoms with Crippen LogP contribution in [0.2, 0.25) is 0 Å². The summed E-state index contributed by atoms with van der Waals surface area (Å²) in [7, 11) is 0. The molecule has 0 aliphatic carbocycles. The van der Waals surface area contributed by atoms with Crippen molar-refractivity contribution in [1.82, 2.24) is 0 Å². The summed E-state index contributed by atoms with van der Waals surface area (Å²) >= 11 is -1.30. The van der Waals surface area contributed by atoms with Crippen molar-refractivity contribution < 1.29 is 7.58 Å². The lowest BCUT2D eigenvalue weighted by atomic mass is 9.79. The Morgan fingerprint density at radius 3 is 0.879 bits per heavy atom. The average molecular weight is 468 g/mol. The summed E-state index contributed by atoms with van der Waals surface area (Å²) in [5, 5.41) is 0. The van der Waals surface area contributed by atoms with Crippen LogP contribution in [0, 0.1) is 6.92 Å². The molecule has 3 heteroatoms. The van der Waals surface area contributed by atoms with E-state index in [9.17, 15) is 0 Å². The zero-order chi connectivity index (χ0) is 25.8. The third-order valence-electron chi connectivity index (χ3n) is 5.67. The van der Waals surface area contributed by atoms with Gasteiger partial charge < -0.3 is 7.58 Å². The van der Waals surface area contributed by atoms with Crippen LogP contribution in [-0.2, 0) is 21.7 Å². The van der Waals surface area contributed by atoms with Gasteiger partial charge in [0.25, 0.3) is 0 Å². The Kier molecular flexibility index (Phi) is 9.76. The highest BCUT2D eigenvalue weighted by molar-refractivity contribution is 6.21. The Balaban J connectivity index is 0.00000265. The number of rotatable bonds is 4. The van der Waals surface area contributed by atoms with Gasteiger partial charge in [-0.3, -0.25) is 0 Å². The number of hydrogen-bond acceptors (Lipinski definition) is 2. The van der Waals surface area contributed by atoms with E-state index in [1.807, 2.05) is 0 Å². The van der Waals surface area contributed by atoms with Crippen LogP contribution in [0.5, 0.6) is 11.5 Å². The van der Waals surface area contributed by atoms with Crippen LogP contribution in [0.1, 0.15) is 112 Å². The third kappa shape index (κ3) is 7.80. The van der Waals surface area contributed by atoms with Crippen molar-refractivity contribution in [3.63, 3.8) is 0 Å². The van der Waals surface area contributed by atoms with Crippen molar-refractivity contribution in [1.29, 1.82) is 0 Å². The second-order valence-corrected chi connectivity index (χ2v) is 13.6. The van der Waals surface area contributed by atoms with E-state index in [4.69, 9.17) is 7.58 Å². The van der Waals surface area contributed by atoms with E-state index in [1.165, 1.54) is 22.3 Å². The molecule has 0 bridgehead atoms. The normalized spacial score (nSPS) is 12.5. The second-order valence-electron chi connectivity index (χ2n) is 12.8. The van der Waals surface area contributed by atoms with E-state index in [1.54, 1.807) is 6.92 Å². The fourth-order valence-electron chi connectivity index (χ4n) is 3.89. The predicted molar refractivity (Wildman–Crippen MR) is 147 cm³/mol. The molecule has 0 N–H and O–H groups in total. The molecule has 33 heavy (non-hydrogen) atoms. The molecule has 0 fully saturated rings. The minimum atomic E-state index is -1.30. The highest BCUT2D eigenvalue weighted by atomic mass is 27.2. The van der Waals surface area contributed by atoms with Gasteiger partial charge in [-0.1, -0.05) is 133 Å². The largest absolute Gasteiger partial charge is 0.832 e. The van der Waals surface area contributed by atoms with Gasteiger partial charge in [0, 0.05) is 0 Å². The van der Waals surface area contributed by atoms with Crippen LogP contribution in [0.4, 0.5) is 0 Å². The Morgan fingerprint density at radius 1 is 0.485 bits per heavy atom. The van der Waals surface area contributed by atoms with E-state index < -0.39 is 15.9 Å². The molecule has 0 saturated heterocycles. The molecule has 0 aromatic heterocycles. The van der Waals surface area contributed by atoms with Gasteiger partial charge in [0.1, 0.15) is 0 Å². The lowest BCUT2D eigenvalue weighted by Gasteiger charge is -2.32. The Labute approximate surface area is 211 Å². The van der Waals surface area contributed by atoms with Crippen molar-refractivity contribution in [3.05, 3.63) is 65.6 Å². The van der Waals surface area contributed by atoms with Crippen LogP contribution >= 0.6 is 0 Å². The first-order valence-electron chi connectivity index (χ1n) is 12.2. The quantitative estimate of drug-likeness (QED) is 0.420. The van der Waals surface area contributed by atoms with Gasteiger partial charge in [-0.05, 0) is 43.9 Å². The van der Waals surface area contributed by atoms with Gasteiger partial charge in [-0.15, -0.1) is 0 Å². The van der Waals surface area contributed by atoms with Gasteiger partial charge in [0.15, 0.2) is 0 Å². The molecular weight excluding hydrogens is 419 g/mol. The molecule has 0 saturated carbocycles. The Hall–Kier alpha value is -1.43. The van der Waals surface area contributed by atoms with E-state index in [0.717, 1.165) is 11.5 Å². The summed E-state index contributed by atoms with van der Waals surface area (Å²) in [6, 6.07) is 13.1. The molecule has 0 unspecified atom stereocenters. The highest BCUT2D eigenvalue weighted by Gasteiger charge is 2.29. The van der Waals surface area contributed by atoms with E-state index >= 15 is 0 Å². The maximum atomic E-state index is 6.58. The standard InChI is InChI=1S/2C14H22O.C2H5.Al.H/c2*1-13(2,3)10-8-7-9-11(12(10)15)14(4,5)6;1-2;;/h2*7-9,15H,1-6H3;1H2,2H3;;/q;;;+2;/p-2. The van der Waals surface area contributed by atoms with Crippen LogP contribution in [0.25, 0.3) is 0 Å². The third-order valence-corrected chi connectivity index (χ3v) is 6.48. The summed E-state index contributed by atoms with van der Waals surface area (Å²) in [6.45, 7) is 32.0.